The van der Waals surface area contributed by atoms with Crippen LogP contribution in [0.4, 0.5) is 13.2 Å². The number of halogens is 3. The smallest absolute Gasteiger partial charge is 0.337 e. The third-order valence-corrected chi connectivity index (χ3v) is 5.55. The van der Waals surface area contributed by atoms with Crippen molar-refractivity contribution in [2.24, 2.45) is 5.41 Å². The van der Waals surface area contributed by atoms with Gasteiger partial charge in [0.2, 0.25) is 5.91 Å². The first-order valence-electron chi connectivity index (χ1n) is 8.76. The second-order valence-electron chi connectivity index (χ2n) is 8.20. The summed E-state index contributed by atoms with van der Waals surface area (Å²) < 4.78 is 39.4. The average molecular weight is 354 g/mol. The summed E-state index contributed by atoms with van der Waals surface area (Å²) in [5.74, 6) is -0.163. The van der Waals surface area contributed by atoms with E-state index in [1.807, 2.05) is 25.7 Å². The van der Waals surface area contributed by atoms with Crippen molar-refractivity contribution >= 4 is 5.91 Å². The van der Waals surface area contributed by atoms with Crippen LogP contribution in [0.15, 0.2) is 24.3 Å². The molecule has 2 atom stereocenters. The topological polar surface area (TPSA) is 32.3 Å². The molecule has 1 N–H and O–H groups in total. The van der Waals surface area contributed by atoms with Gasteiger partial charge in [0.25, 0.3) is 0 Å². The summed E-state index contributed by atoms with van der Waals surface area (Å²) in [5.41, 5.74) is -1.03. The van der Waals surface area contributed by atoms with Gasteiger partial charge < -0.3 is 10.2 Å². The van der Waals surface area contributed by atoms with E-state index in [4.69, 9.17) is 0 Å². The maximum atomic E-state index is 13.3. The number of benzene rings is 1. The van der Waals surface area contributed by atoms with Gasteiger partial charge in [-0.15, -0.1) is 0 Å². The number of piperidine rings is 1. The Morgan fingerprint density at radius 2 is 1.96 bits per heavy atom. The van der Waals surface area contributed by atoms with Gasteiger partial charge in [0.15, 0.2) is 0 Å². The monoisotopic (exact) mass is 354 g/mol. The second-order valence-corrected chi connectivity index (χ2v) is 8.20. The van der Waals surface area contributed by atoms with Gasteiger partial charge in [0.1, 0.15) is 0 Å². The minimum Gasteiger partial charge on any atom is -0.337 e. The fraction of sp³-hybridized carbons (Fsp3) is 0.632. The summed E-state index contributed by atoms with van der Waals surface area (Å²) in [6, 6.07) is 5.50. The van der Waals surface area contributed by atoms with Crippen LogP contribution in [0.2, 0.25) is 0 Å². The number of likely N-dealkylation sites (tertiary alicyclic amines) is 1. The Bertz CT molecular complexity index is 657. The summed E-state index contributed by atoms with van der Waals surface area (Å²) in [6.45, 7) is 7.76. The van der Waals surface area contributed by atoms with Crippen LogP contribution in [0.1, 0.15) is 50.7 Å². The van der Waals surface area contributed by atoms with Crippen molar-refractivity contribution in [3.63, 3.8) is 0 Å². The highest BCUT2D eigenvalue weighted by molar-refractivity contribution is 5.87. The van der Waals surface area contributed by atoms with Crippen LogP contribution in [0.25, 0.3) is 0 Å². The number of nitrogens with zero attached hydrogens (tertiary/aromatic N) is 1. The molecule has 2 unspecified atom stereocenters. The lowest BCUT2D eigenvalue weighted by atomic mass is 9.69. The number of rotatable bonds is 1. The van der Waals surface area contributed by atoms with Gasteiger partial charge >= 0.3 is 6.18 Å². The molecular formula is C19H25F3N2O. The minimum absolute atomic E-state index is 0.0645. The van der Waals surface area contributed by atoms with E-state index in [0.717, 1.165) is 19.0 Å². The number of hydrogen-bond donors (Lipinski definition) is 1. The van der Waals surface area contributed by atoms with Gasteiger partial charge in [-0.1, -0.05) is 18.2 Å². The van der Waals surface area contributed by atoms with Crippen LogP contribution in [-0.2, 0) is 11.0 Å². The number of nitrogens with one attached hydrogen (secondary N) is 1. The van der Waals surface area contributed by atoms with E-state index in [1.54, 1.807) is 6.07 Å². The molecule has 0 bridgehead atoms. The Morgan fingerprint density at radius 3 is 2.52 bits per heavy atom. The largest absolute Gasteiger partial charge is 0.416 e. The zero-order valence-corrected chi connectivity index (χ0v) is 14.9. The van der Waals surface area contributed by atoms with Gasteiger partial charge in [-0.3, -0.25) is 4.79 Å². The van der Waals surface area contributed by atoms with E-state index in [2.05, 4.69) is 5.32 Å². The predicted octanol–water partition coefficient (Wildman–Crippen LogP) is 3.80. The molecule has 2 fully saturated rings. The van der Waals surface area contributed by atoms with Gasteiger partial charge in [0.05, 0.1) is 11.0 Å². The van der Waals surface area contributed by atoms with Gasteiger partial charge in [-0.05, 0) is 51.8 Å². The first kappa shape index (κ1) is 18.2. The third kappa shape index (κ3) is 3.16. The Morgan fingerprint density at radius 1 is 1.24 bits per heavy atom. The summed E-state index contributed by atoms with van der Waals surface area (Å²) in [4.78, 5) is 15.1. The fourth-order valence-corrected chi connectivity index (χ4v) is 4.20. The first-order valence-corrected chi connectivity index (χ1v) is 8.76. The van der Waals surface area contributed by atoms with Crippen molar-refractivity contribution in [2.45, 2.75) is 51.2 Å². The number of alkyl halides is 3. The van der Waals surface area contributed by atoms with Gasteiger partial charge in [0, 0.05) is 24.5 Å². The zero-order chi connectivity index (χ0) is 18.5. The molecule has 2 aliphatic rings. The number of amides is 1. The molecule has 0 aromatic heterocycles. The van der Waals surface area contributed by atoms with Crippen molar-refractivity contribution in [1.82, 2.24) is 10.2 Å². The molecule has 0 aliphatic carbocycles. The van der Waals surface area contributed by atoms with E-state index in [0.29, 0.717) is 25.1 Å². The molecule has 0 radical (unpaired) electrons. The lowest BCUT2D eigenvalue weighted by molar-refractivity contribution is -0.141. The van der Waals surface area contributed by atoms with Crippen LogP contribution in [0.3, 0.4) is 0 Å². The number of carbonyl (C=O) groups excluding carboxylic acids is 1. The second kappa shape index (κ2) is 6.01. The average Bonchev–Trinajstić information content (AvgIpc) is 2.81. The first-order chi connectivity index (χ1) is 11.6. The van der Waals surface area contributed by atoms with Crippen molar-refractivity contribution < 1.29 is 18.0 Å². The van der Waals surface area contributed by atoms with E-state index < -0.39 is 17.2 Å². The molecule has 6 heteroatoms. The van der Waals surface area contributed by atoms with Crippen LogP contribution in [0, 0.1) is 5.41 Å². The van der Waals surface area contributed by atoms with E-state index >= 15 is 0 Å². The molecule has 138 valence electrons. The standard InChI is InChI=1S/C19H25F3N2O/c1-17(2,3)24-11-15(18(16(24)25)8-5-9-23-12-18)13-6-4-7-14(10-13)19(20,21)22/h4,6-7,10,15,23H,5,8-9,11-12H2,1-3H3. The molecular weight excluding hydrogens is 329 g/mol. The van der Waals surface area contributed by atoms with Gasteiger partial charge in [-0.25, -0.2) is 0 Å². The fourth-order valence-electron chi connectivity index (χ4n) is 4.20. The highest BCUT2D eigenvalue weighted by Crippen LogP contribution is 2.50. The SMILES string of the molecule is CC(C)(C)N1CC(c2cccc(C(F)(F)F)c2)C2(CCCNC2)C1=O. The van der Waals surface area contributed by atoms with Crippen molar-refractivity contribution in [2.75, 3.05) is 19.6 Å². The predicted molar refractivity (Wildman–Crippen MR) is 90.2 cm³/mol. The Hall–Kier alpha value is -1.56. The molecule has 1 amide bonds. The number of carbonyl (C=O) groups is 1. The van der Waals surface area contributed by atoms with Crippen LogP contribution >= 0.6 is 0 Å². The molecule has 1 aromatic carbocycles. The molecule has 0 saturated carbocycles. The molecule has 2 aliphatic heterocycles. The van der Waals surface area contributed by atoms with E-state index in [1.165, 1.54) is 12.1 Å². The summed E-state index contributed by atoms with van der Waals surface area (Å²) in [7, 11) is 0. The zero-order valence-electron chi connectivity index (χ0n) is 14.9. The summed E-state index contributed by atoms with van der Waals surface area (Å²) in [5, 5.41) is 3.29. The molecule has 3 nitrogen and oxygen atoms in total. The van der Waals surface area contributed by atoms with Crippen LogP contribution in [0.5, 0.6) is 0 Å². The third-order valence-electron chi connectivity index (χ3n) is 5.55. The van der Waals surface area contributed by atoms with Crippen LogP contribution < -0.4 is 5.32 Å². The lowest BCUT2D eigenvalue weighted by Gasteiger charge is -2.38. The molecule has 1 spiro atoms. The van der Waals surface area contributed by atoms with Crippen LogP contribution in [-0.4, -0.2) is 36.0 Å². The van der Waals surface area contributed by atoms with Gasteiger partial charge in [-0.2, -0.15) is 13.2 Å². The van der Waals surface area contributed by atoms with Crippen molar-refractivity contribution in [3.8, 4) is 0 Å². The van der Waals surface area contributed by atoms with E-state index in [9.17, 15) is 18.0 Å². The summed E-state index contributed by atoms with van der Waals surface area (Å²) >= 11 is 0. The maximum absolute atomic E-state index is 13.3. The van der Waals surface area contributed by atoms with Crippen molar-refractivity contribution in [1.29, 1.82) is 0 Å². The Labute approximate surface area is 146 Å². The molecule has 1 aromatic rings. The van der Waals surface area contributed by atoms with Crippen molar-refractivity contribution in [3.05, 3.63) is 35.4 Å². The molecule has 3 rings (SSSR count). The molecule has 2 heterocycles. The maximum Gasteiger partial charge on any atom is 0.416 e. The highest BCUT2D eigenvalue weighted by atomic mass is 19.4. The summed E-state index contributed by atoms with van der Waals surface area (Å²) in [6.07, 6.45) is -2.80. The Balaban J connectivity index is 2.05. The van der Waals surface area contributed by atoms with E-state index in [-0.39, 0.29) is 17.4 Å². The Kier molecular flexibility index (Phi) is 4.38. The number of hydrogen-bond acceptors (Lipinski definition) is 2. The minimum atomic E-state index is -4.37. The highest BCUT2D eigenvalue weighted by Gasteiger charge is 2.56. The lowest BCUT2D eigenvalue weighted by Crippen LogP contribution is -2.50. The molecule has 2 saturated heterocycles. The quantitative estimate of drug-likeness (QED) is 0.832. The molecule has 25 heavy (non-hydrogen) atoms. The normalized spacial score (nSPS) is 28.0.